The molecule has 196 valence electrons. The molecule has 0 aliphatic carbocycles. The van der Waals surface area contributed by atoms with Crippen LogP contribution < -0.4 is 25.0 Å². The molecule has 0 unspecified atom stereocenters. The Bertz CT molecular complexity index is 1010. The number of carbonyl (C=O) groups excluding carboxylic acids is 2. The third-order valence-corrected chi connectivity index (χ3v) is 6.89. The summed E-state index contributed by atoms with van der Waals surface area (Å²) in [5.74, 6) is 1.01. The molecule has 8 heteroatoms. The van der Waals surface area contributed by atoms with E-state index >= 15 is 0 Å². The standard InChI is InChI=1S/C28H40N4O4/c1-6-31(7-2)18-15-29-27(33)22-19-21(11-12-23(22)32-16-13-20(3)14-17-32)30-28(34)26-24(35-4)9-8-10-25(26)36-5/h8-12,19-20H,6-7,13-18H2,1-5H3,(H,29,33)(H,30,34). The van der Waals surface area contributed by atoms with E-state index in [-0.39, 0.29) is 11.8 Å². The lowest BCUT2D eigenvalue weighted by Gasteiger charge is -2.33. The van der Waals surface area contributed by atoms with Crippen LogP contribution in [0.4, 0.5) is 11.4 Å². The number of hydrogen-bond acceptors (Lipinski definition) is 6. The minimum atomic E-state index is -0.364. The molecule has 0 atom stereocenters. The zero-order valence-corrected chi connectivity index (χ0v) is 22.2. The summed E-state index contributed by atoms with van der Waals surface area (Å²) in [6, 6.07) is 10.7. The fraction of sp³-hybridized carbons (Fsp3) is 0.500. The molecule has 8 nitrogen and oxygen atoms in total. The van der Waals surface area contributed by atoms with Gasteiger partial charge in [0.05, 0.1) is 19.8 Å². The average molecular weight is 497 g/mol. The van der Waals surface area contributed by atoms with Crippen LogP contribution >= 0.6 is 0 Å². The van der Waals surface area contributed by atoms with E-state index in [1.807, 2.05) is 12.1 Å². The van der Waals surface area contributed by atoms with Crippen molar-refractivity contribution in [3.63, 3.8) is 0 Å². The molecule has 2 aromatic rings. The molecule has 2 N–H and O–H groups in total. The van der Waals surface area contributed by atoms with Gasteiger partial charge in [0, 0.05) is 37.6 Å². The SMILES string of the molecule is CCN(CC)CCNC(=O)c1cc(NC(=O)c2c(OC)cccc2OC)ccc1N1CCC(C)CC1. The third-order valence-electron chi connectivity index (χ3n) is 6.89. The van der Waals surface area contributed by atoms with Crippen molar-refractivity contribution in [1.29, 1.82) is 0 Å². The van der Waals surface area contributed by atoms with E-state index in [1.54, 1.807) is 24.3 Å². The Morgan fingerprint density at radius 1 is 1.00 bits per heavy atom. The second kappa shape index (κ2) is 13.2. The summed E-state index contributed by atoms with van der Waals surface area (Å²) in [5, 5.41) is 6.00. The van der Waals surface area contributed by atoms with Gasteiger partial charge in [-0.2, -0.15) is 0 Å². The zero-order chi connectivity index (χ0) is 26.1. The number of likely N-dealkylation sites (N-methyl/N-ethyl adjacent to an activating group) is 1. The van der Waals surface area contributed by atoms with Gasteiger partial charge >= 0.3 is 0 Å². The van der Waals surface area contributed by atoms with Crippen LogP contribution in [0.15, 0.2) is 36.4 Å². The van der Waals surface area contributed by atoms with Crippen LogP contribution in [0.3, 0.4) is 0 Å². The van der Waals surface area contributed by atoms with Crippen molar-refractivity contribution in [2.75, 3.05) is 63.7 Å². The summed E-state index contributed by atoms with van der Waals surface area (Å²) in [4.78, 5) is 31.1. The Labute approximate surface area is 214 Å². The van der Waals surface area contributed by atoms with Crippen LogP contribution in [-0.2, 0) is 0 Å². The number of nitrogens with one attached hydrogen (secondary N) is 2. The predicted molar refractivity (Wildman–Crippen MR) is 145 cm³/mol. The molecule has 0 spiro atoms. The molecule has 0 radical (unpaired) electrons. The number of ether oxygens (including phenoxy) is 2. The Morgan fingerprint density at radius 2 is 1.64 bits per heavy atom. The lowest BCUT2D eigenvalue weighted by molar-refractivity contribution is 0.0947. The first kappa shape index (κ1) is 27.3. The number of amides is 2. The van der Waals surface area contributed by atoms with Gasteiger partial charge in [0.25, 0.3) is 11.8 Å². The van der Waals surface area contributed by atoms with Gasteiger partial charge in [0.1, 0.15) is 17.1 Å². The molecule has 0 bridgehead atoms. The number of methoxy groups -OCH3 is 2. The Kier molecular flexibility index (Phi) is 9.99. The summed E-state index contributed by atoms with van der Waals surface area (Å²) >= 11 is 0. The van der Waals surface area contributed by atoms with E-state index in [2.05, 4.69) is 41.2 Å². The van der Waals surface area contributed by atoms with Gasteiger partial charge in [-0.3, -0.25) is 9.59 Å². The average Bonchev–Trinajstić information content (AvgIpc) is 2.90. The smallest absolute Gasteiger partial charge is 0.263 e. The zero-order valence-electron chi connectivity index (χ0n) is 22.2. The fourth-order valence-electron chi connectivity index (χ4n) is 4.55. The van der Waals surface area contributed by atoms with Gasteiger partial charge in [-0.1, -0.05) is 26.8 Å². The highest BCUT2D eigenvalue weighted by Crippen LogP contribution is 2.31. The quantitative estimate of drug-likeness (QED) is 0.484. The second-order valence-corrected chi connectivity index (χ2v) is 9.18. The summed E-state index contributed by atoms with van der Waals surface area (Å²) in [6.45, 7) is 11.5. The van der Waals surface area contributed by atoms with Gasteiger partial charge in [0.15, 0.2) is 0 Å². The van der Waals surface area contributed by atoms with Crippen molar-refractivity contribution in [2.45, 2.75) is 33.6 Å². The van der Waals surface area contributed by atoms with Gasteiger partial charge in [-0.15, -0.1) is 0 Å². The van der Waals surface area contributed by atoms with Crippen LogP contribution in [0, 0.1) is 5.92 Å². The Morgan fingerprint density at radius 3 is 2.22 bits per heavy atom. The lowest BCUT2D eigenvalue weighted by Crippen LogP contribution is -2.37. The minimum absolute atomic E-state index is 0.137. The molecule has 2 amide bonds. The minimum Gasteiger partial charge on any atom is -0.496 e. The van der Waals surface area contributed by atoms with E-state index in [9.17, 15) is 9.59 Å². The number of benzene rings is 2. The first-order valence-electron chi connectivity index (χ1n) is 12.8. The van der Waals surface area contributed by atoms with E-state index in [0.29, 0.717) is 40.8 Å². The molecule has 1 aliphatic rings. The number of anilines is 2. The number of hydrogen-bond donors (Lipinski definition) is 2. The number of rotatable bonds is 11. The maximum atomic E-state index is 13.3. The maximum Gasteiger partial charge on any atom is 0.263 e. The number of piperidine rings is 1. The molecule has 3 rings (SSSR count). The van der Waals surface area contributed by atoms with E-state index in [1.165, 1.54) is 14.2 Å². The summed E-state index contributed by atoms with van der Waals surface area (Å²) in [5.41, 5.74) is 2.31. The highest BCUT2D eigenvalue weighted by atomic mass is 16.5. The van der Waals surface area contributed by atoms with Crippen molar-refractivity contribution < 1.29 is 19.1 Å². The van der Waals surface area contributed by atoms with Crippen LogP contribution in [-0.4, -0.2) is 70.2 Å². The van der Waals surface area contributed by atoms with E-state index in [4.69, 9.17) is 9.47 Å². The largest absolute Gasteiger partial charge is 0.496 e. The van der Waals surface area contributed by atoms with Crippen molar-refractivity contribution in [3.8, 4) is 11.5 Å². The number of carbonyl (C=O) groups is 2. The second-order valence-electron chi connectivity index (χ2n) is 9.18. The van der Waals surface area contributed by atoms with Crippen molar-refractivity contribution >= 4 is 23.2 Å². The van der Waals surface area contributed by atoms with Gasteiger partial charge in [-0.25, -0.2) is 0 Å². The molecule has 1 fully saturated rings. The van der Waals surface area contributed by atoms with Gasteiger partial charge in [-0.05, 0) is 62.2 Å². The lowest BCUT2D eigenvalue weighted by atomic mass is 9.97. The number of nitrogens with zero attached hydrogens (tertiary/aromatic N) is 2. The molecule has 0 saturated carbocycles. The topological polar surface area (TPSA) is 83.1 Å². The Hall–Kier alpha value is -3.26. The third kappa shape index (κ3) is 6.69. The summed E-state index contributed by atoms with van der Waals surface area (Å²) in [7, 11) is 3.03. The van der Waals surface area contributed by atoms with E-state index < -0.39 is 0 Å². The van der Waals surface area contributed by atoms with Crippen LogP contribution in [0.5, 0.6) is 11.5 Å². The molecule has 0 aromatic heterocycles. The predicted octanol–water partition coefficient (Wildman–Crippen LogP) is 4.26. The van der Waals surface area contributed by atoms with Crippen molar-refractivity contribution in [1.82, 2.24) is 10.2 Å². The molecule has 2 aromatic carbocycles. The fourth-order valence-corrected chi connectivity index (χ4v) is 4.55. The van der Waals surface area contributed by atoms with Crippen LogP contribution in [0.2, 0.25) is 0 Å². The molecule has 36 heavy (non-hydrogen) atoms. The normalized spacial score (nSPS) is 14.0. The Balaban J connectivity index is 1.86. The molecule has 1 heterocycles. The molecular weight excluding hydrogens is 456 g/mol. The van der Waals surface area contributed by atoms with Crippen LogP contribution in [0.1, 0.15) is 54.3 Å². The molecular formula is C28H40N4O4. The highest BCUT2D eigenvalue weighted by Gasteiger charge is 2.23. The first-order chi connectivity index (χ1) is 17.4. The summed E-state index contributed by atoms with van der Waals surface area (Å²) in [6.07, 6.45) is 2.18. The highest BCUT2D eigenvalue weighted by molar-refractivity contribution is 6.09. The van der Waals surface area contributed by atoms with E-state index in [0.717, 1.165) is 51.3 Å². The molecule has 1 aliphatic heterocycles. The monoisotopic (exact) mass is 496 g/mol. The molecule has 1 saturated heterocycles. The summed E-state index contributed by atoms with van der Waals surface area (Å²) < 4.78 is 10.8. The first-order valence-corrected chi connectivity index (χ1v) is 12.8. The maximum absolute atomic E-state index is 13.3. The van der Waals surface area contributed by atoms with Crippen LogP contribution in [0.25, 0.3) is 0 Å². The van der Waals surface area contributed by atoms with Crippen molar-refractivity contribution in [2.24, 2.45) is 5.92 Å². The van der Waals surface area contributed by atoms with Crippen molar-refractivity contribution in [3.05, 3.63) is 47.5 Å². The van der Waals surface area contributed by atoms with Gasteiger partial charge < -0.3 is 29.9 Å². The van der Waals surface area contributed by atoms with Gasteiger partial charge in [0.2, 0.25) is 0 Å².